The Morgan fingerprint density at radius 3 is 2.81 bits per heavy atom. The van der Waals surface area contributed by atoms with E-state index in [4.69, 9.17) is 0 Å². The molecule has 1 aromatic carbocycles. The van der Waals surface area contributed by atoms with E-state index in [1.807, 2.05) is 31.2 Å². The summed E-state index contributed by atoms with van der Waals surface area (Å²) in [4.78, 5) is 14.2. The van der Waals surface area contributed by atoms with Crippen LogP contribution in [0.2, 0.25) is 0 Å². The van der Waals surface area contributed by atoms with E-state index < -0.39 is 0 Å². The van der Waals surface area contributed by atoms with Crippen LogP contribution < -0.4 is 5.32 Å². The summed E-state index contributed by atoms with van der Waals surface area (Å²) >= 11 is 0. The molecule has 1 saturated heterocycles. The minimum absolute atomic E-state index is 0.0541. The van der Waals surface area contributed by atoms with Crippen molar-refractivity contribution in [2.75, 3.05) is 20.1 Å². The third-order valence-electron chi connectivity index (χ3n) is 3.12. The number of nitrogens with zero attached hydrogens (tertiary/aromatic N) is 1. The van der Waals surface area contributed by atoms with Crippen molar-refractivity contribution in [2.45, 2.75) is 19.4 Å². The third kappa shape index (κ3) is 2.42. The van der Waals surface area contributed by atoms with Crippen LogP contribution in [-0.4, -0.2) is 37.0 Å². The predicted molar refractivity (Wildman–Crippen MR) is 64.5 cm³/mol. The second-order valence-corrected chi connectivity index (χ2v) is 4.54. The summed E-state index contributed by atoms with van der Waals surface area (Å²) in [6.45, 7) is 3.99. The SMILES string of the molecule is Cc1ccccc1C(=O)NC1CCN(C)C1. The molecule has 1 N–H and O–H groups in total. The van der Waals surface area contributed by atoms with E-state index in [0.717, 1.165) is 30.6 Å². The van der Waals surface area contributed by atoms with Crippen molar-refractivity contribution in [3.8, 4) is 0 Å². The molecule has 2 rings (SSSR count). The van der Waals surface area contributed by atoms with Crippen LogP contribution in [0.4, 0.5) is 0 Å². The van der Waals surface area contributed by atoms with Gasteiger partial charge in [-0.2, -0.15) is 0 Å². The fraction of sp³-hybridized carbons (Fsp3) is 0.462. The predicted octanol–water partition coefficient (Wildman–Crippen LogP) is 1.43. The van der Waals surface area contributed by atoms with Crippen LogP contribution in [0, 0.1) is 6.92 Å². The van der Waals surface area contributed by atoms with Crippen LogP contribution in [0.1, 0.15) is 22.3 Å². The standard InChI is InChI=1S/C13H18N2O/c1-10-5-3-4-6-12(10)13(16)14-11-7-8-15(2)9-11/h3-6,11H,7-9H2,1-2H3,(H,14,16). The summed E-state index contributed by atoms with van der Waals surface area (Å²) in [7, 11) is 2.08. The van der Waals surface area contributed by atoms with Crippen molar-refractivity contribution in [3.05, 3.63) is 35.4 Å². The summed E-state index contributed by atoms with van der Waals surface area (Å²) in [6, 6.07) is 8.01. The molecule has 1 fully saturated rings. The summed E-state index contributed by atoms with van der Waals surface area (Å²) in [5.41, 5.74) is 1.82. The molecule has 0 aromatic heterocycles. The molecular formula is C13H18N2O. The average molecular weight is 218 g/mol. The Morgan fingerprint density at radius 1 is 1.44 bits per heavy atom. The van der Waals surface area contributed by atoms with Crippen molar-refractivity contribution in [2.24, 2.45) is 0 Å². The van der Waals surface area contributed by atoms with Gasteiger partial charge < -0.3 is 10.2 Å². The molecule has 1 atom stereocenters. The lowest BCUT2D eigenvalue weighted by Crippen LogP contribution is -2.36. The van der Waals surface area contributed by atoms with Crippen molar-refractivity contribution < 1.29 is 4.79 Å². The Labute approximate surface area is 96.5 Å². The topological polar surface area (TPSA) is 32.3 Å². The van der Waals surface area contributed by atoms with Gasteiger partial charge in [-0.3, -0.25) is 4.79 Å². The van der Waals surface area contributed by atoms with Crippen LogP contribution in [0.25, 0.3) is 0 Å². The Balaban J connectivity index is 2.01. The minimum Gasteiger partial charge on any atom is -0.348 e. The molecule has 0 spiro atoms. The van der Waals surface area contributed by atoms with Crippen molar-refractivity contribution in [1.29, 1.82) is 0 Å². The van der Waals surface area contributed by atoms with E-state index in [-0.39, 0.29) is 5.91 Å². The van der Waals surface area contributed by atoms with Gasteiger partial charge in [0.1, 0.15) is 0 Å². The maximum absolute atomic E-state index is 12.0. The maximum atomic E-state index is 12.0. The molecule has 0 bridgehead atoms. The fourth-order valence-corrected chi connectivity index (χ4v) is 2.14. The lowest BCUT2D eigenvalue weighted by molar-refractivity contribution is 0.0938. The van der Waals surface area contributed by atoms with Gasteiger partial charge in [0.2, 0.25) is 0 Å². The molecule has 86 valence electrons. The molecule has 1 aliphatic heterocycles. The molecule has 3 nitrogen and oxygen atoms in total. The van der Waals surface area contributed by atoms with Crippen LogP contribution >= 0.6 is 0 Å². The number of likely N-dealkylation sites (tertiary alicyclic amines) is 1. The summed E-state index contributed by atoms with van der Waals surface area (Å²) in [5.74, 6) is 0.0541. The Bertz CT molecular complexity index is 389. The zero-order valence-corrected chi connectivity index (χ0v) is 9.86. The molecule has 0 aliphatic carbocycles. The van der Waals surface area contributed by atoms with Crippen molar-refractivity contribution in [3.63, 3.8) is 0 Å². The molecule has 1 aliphatic rings. The third-order valence-corrected chi connectivity index (χ3v) is 3.12. The van der Waals surface area contributed by atoms with Gasteiger partial charge in [0, 0.05) is 18.2 Å². The Morgan fingerprint density at radius 2 is 2.19 bits per heavy atom. The number of carbonyl (C=O) groups excluding carboxylic acids is 1. The molecule has 3 heteroatoms. The molecule has 1 heterocycles. The van der Waals surface area contributed by atoms with E-state index in [9.17, 15) is 4.79 Å². The van der Waals surface area contributed by atoms with E-state index in [0.29, 0.717) is 6.04 Å². The molecule has 16 heavy (non-hydrogen) atoms. The number of benzene rings is 1. The summed E-state index contributed by atoms with van der Waals surface area (Å²) in [6.07, 6.45) is 1.05. The molecule has 1 unspecified atom stereocenters. The molecular weight excluding hydrogens is 200 g/mol. The highest BCUT2D eigenvalue weighted by Gasteiger charge is 2.21. The number of aryl methyl sites for hydroxylation is 1. The van der Waals surface area contributed by atoms with E-state index in [1.54, 1.807) is 0 Å². The van der Waals surface area contributed by atoms with Crippen LogP contribution in [0.3, 0.4) is 0 Å². The normalized spacial score (nSPS) is 21.0. The highest BCUT2D eigenvalue weighted by Crippen LogP contribution is 2.10. The molecule has 0 saturated carbocycles. The largest absolute Gasteiger partial charge is 0.348 e. The van der Waals surface area contributed by atoms with Gasteiger partial charge in [-0.15, -0.1) is 0 Å². The lowest BCUT2D eigenvalue weighted by Gasteiger charge is -2.13. The van der Waals surface area contributed by atoms with Gasteiger partial charge in [0.15, 0.2) is 0 Å². The van der Waals surface area contributed by atoms with Gasteiger partial charge in [0.25, 0.3) is 5.91 Å². The second kappa shape index (κ2) is 4.66. The number of amides is 1. The maximum Gasteiger partial charge on any atom is 0.251 e. The number of likely N-dealkylation sites (N-methyl/N-ethyl adjacent to an activating group) is 1. The fourth-order valence-electron chi connectivity index (χ4n) is 2.14. The van der Waals surface area contributed by atoms with Crippen LogP contribution in [0.5, 0.6) is 0 Å². The first-order valence-electron chi connectivity index (χ1n) is 5.72. The highest BCUT2D eigenvalue weighted by atomic mass is 16.1. The number of hydrogen-bond acceptors (Lipinski definition) is 2. The average Bonchev–Trinajstić information content (AvgIpc) is 2.64. The number of hydrogen-bond donors (Lipinski definition) is 1. The monoisotopic (exact) mass is 218 g/mol. The van der Waals surface area contributed by atoms with Gasteiger partial charge in [-0.05, 0) is 38.6 Å². The zero-order chi connectivity index (χ0) is 11.5. The number of rotatable bonds is 2. The zero-order valence-electron chi connectivity index (χ0n) is 9.86. The number of nitrogens with one attached hydrogen (secondary N) is 1. The van der Waals surface area contributed by atoms with E-state index >= 15 is 0 Å². The van der Waals surface area contributed by atoms with E-state index in [2.05, 4.69) is 17.3 Å². The van der Waals surface area contributed by atoms with Gasteiger partial charge in [-0.1, -0.05) is 18.2 Å². The first-order valence-corrected chi connectivity index (χ1v) is 5.72. The van der Waals surface area contributed by atoms with Crippen LogP contribution in [-0.2, 0) is 0 Å². The summed E-state index contributed by atoms with van der Waals surface area (Å²) < 4.78 is 0. The minimum atomic E-state index is 0.0541. The molecule has 1 amide bonds. The quantitative estimate of drug-likeness (QED) is 0.814. The Kier molecular flexibility index (Phi) is 3.25. The summed E-state index contributed by atoms with van der Waals surface area (Å²) in [5, 5.41) is 3.09. The highest BCUT2D eigenvalue weighted by molar-refractivity contribution is 5.95. The number of carbonyl (C=O) groups is 1. The van der Waals surface area contributed by atoms with Gasteiger partial charge >= 0.3 is 0 Å². The van der Waals surface area contributed by atoms with Gasteiger partial charge in [0.05, 0.1) is 0 Å². The van der Waals surface area contributed by atoms with Crippen molar-refractivity contribution in [1.82, 2.24) is 10.2 Å². The molecule has 0 radical (unpaired) electrons. The Hall–Kier alpha value is -1.35. The van der Waals surface area contributed by atoms with Gasteiger partial charge in [-0.25, -0.2) is 0 Å². The molecule has 1 aromatic rings. The smallest absolute Gasteiger partial charge is 0.251 e. The van der Waals surface area contributed by atoms with E-state index in [1.165, 1.54) is 0 Å². The lowest BCUT2D eigenvalue weighted by atomic mass is 10.1. The first kappa shape index (κ1) is 11.1. The van der Waals surface area contributed by atoms with Crippen molar-refractivity contribution >= 4 is 5.91 Å². The van der Waals surface area contributed by atoms with Crippen LogP contribution in [0.15, 0.2) is 24.3 Å². The first-order chi connectivity index (χ1) is 7.66. The second-order valence-electron chi connectivity index (χ2n) is 4.54.